The van der Waals surface area contributed by atoms with Crippen LogP contribution in [-0.4, -0.2) is 46.9 Å². The highest BCUT2D eigenvalue weighted by Crippen LogP contribution is 2.43. The number of benzene rings is 2. The molecule has 1 amide bonds. The minimum atomic E-state index is -0.211. The van der Waals surface area contributed by atoms with Gasteiger partial charge in [-0.2, -0.15) is 5.10 Å². The number of carbonyl (C=O) groups excluding carboxylic acids is 1. The maximum Gasteiger partial charge on any atom is 0.273 e. The molecule has 1 N–H and O–H groups in total. The molecule has 3 aromatic rings. The van der Waals surface area contributed by atoms with E-state index in [4.69, 9.17) is 9.47 Å². The van der Waals surface area contributed by atoms with Crippen molar-refractivity contribution in [2.45, 2.75) is 45.3 Å². The van der Waals surface area contributed by atoms with E-state index in [1.165, 1.54) is 5.56 Å². The Hall–Kier alpha value is -3.12. The zero-order valence-electron chi connectivity index (χ0n) is 18.6. The zero-order valence-corrected chi connectivity index (χ0v) is 18.6. The molecule has 3 heterocycles. The number of nitrogens with one attached hydrogen (secondary N) is 1. The van der Waals surface area contributed by atoms with Gasteiger partial charge >= 0.3 is 0 Å². The number of H-pyrrole nitrogens is 1. The molecule has 0 spiro atoms. The maximum atomic E-state index is 13.4. The van der Waals surface area contributed by atoms with Crippen LogP contribution in [0.15, 0.2) is 48.5 Å². The molecule has 0 saturated carbocycles. The predicted octanol–water partition coefficient (Wildman–Crippen LogP) is 4.90. The van der Waals surface area contributed by atoms with Gasteiger partial charge in [0.1, 0.15) is 11.4 Å². The first kappa shape index (κ1) is 20.8. The lowest BCUT2D eigenvalue weighted by Crippen LogP contribution is -2.36. The van der Waals surface area contributed by atoms with E-state index in [-0.39, 0.29) is 18.1 Å². The molecule has 2 aromatic carbocycles. The fraction of sp³-hybridized carbons (Fsp3) is 0.385. The minimum Gasteiger partial charge on any atom is -0.494 e. The Labute approximate surface area is 188 Å². The number of hydrogen-bond acceptors (Lipinski definition) is 4. The van der Waals surface area contributed by atoms with Gasteiger partial charge in [-0.1, -0.05) is 48.9 Å². The molecular formula is C26H29N3O3. The summed E-state index contributed by atoms with van der Waals surface area (Å²) in [6, 6.07) is 16.2. The molecule has 1 saturated heterocycles. The number of aromatic amines is 1. The van der Waals surface area contributed by atoms with E-state index in [1.54, 1.807) is 0 Å². The Morgan fingerprint density at radius 1 is 1.16 bits per heavy atom. The van der Waals surface area contributed by atoms with Crippen LogP contribution >= 0.6 is 0 Å². The van der Waals surface area contributed by atoms with Crippen LogP contribution in [0.5, 0.6) is 5.75 Å². The summed E-state index contributed by atoms with van der Waals surface area (Å²) in [6.45, 7) is 6.19. The molecule has 2 unspecified atom stereocenters. The highest BCUT2D eigenvalue weighted by atomic mass is 16.5. The quantitative estimate of drug-likeness (QED) is 0.578. The average Bonchev–Trinajstić information content (AvgIpc) is 3.53. The number of carbonyl (C=O) groups is 1. The summed E-state index contributed by atoms with van der Waals surface area (Å²) in [5.74, 6) is 0.828. The Morgan fingerprint density at radius 3 is 2.62 bits per heavy atom. The van der Waals surface area contributed by atoms with E-state index in [1.807, 2.05) is 17.0 Å². The van der Waals surface area contributed by atoms with Crippen LogP contribution in [0.25, 0.3) is 11.3 Å². The molecule has 0 bridgehead atoms. The number of rotatable bonds is 7. The standard InChI is InChI=1S/C26H29N3O3/c1-3-14-31-20-12-10-19(11-13-20)25-22-23(18-8-6-17(2)7-9-18)27-28-24(22)26(30)29(25)16-21-5-4-15-32-21/h6-13,21,25H,3-5,14-16H2,1-2H3,(H,27,28). The van der Waals surface area contributed by atoms with Crippen LogP contribution in [0, 0.1) is 6.92 Å². The third kappa shape index (κ3) is 3.79. The molecule has 5 rings (SSSR count). The topological polar surface area (TPSA) is 67.5 Å². The van der Waals surface area contributed by atoms with E-state index >= 15 is 0 Å². The van der Waals surface area contributed by atoms with Crippen LogP contribution in [0.2, 0.25) is 0 Å². The summed E-state index contributed by atoms with van der Waals surface area (Å²) < 4.78 is 11.6. The summed E-state index contributed by atoms with van der Waals surface area (Å²) in [6.07, 6.45) is 3.07. The Morgan fingerprint density at radius 2 is 1.94 bits per heavy atom. The summed E-state index contributed by atoms with van der Waals surface area (Å²) in [7, 11) is 0. The van der Waals surface area contributed by atoms with Crippen molar-refractivity contribution in [3.8, 4) is 17.0 Å². The van der Waals surface area contributed by atoms with Crippen molar-refractivity contribution >= 4 is 5.91 Å². The third-order valence-electron chi connectivity index (χ3n) is 6.28. The monoisotopic (exact) mass is 431 g/mol. The lowest BCUT2D eigenvalue weighted by atomic mass is 9.95. The molecule has 6 nitrogen and oxygen atoms in total. The first-order valence-electron chi connectivity index (χ1n) is 11.5. The van der Waals surface area contributed by atoms with Crippen LogP contribution in [0.1, 0.15) is 59.4 Å². The van der Waals surface area contributed by atoms with Crippen molar-refractivity contribution in [2.24, 2.45) is 0 Å². The number of ether oxygens (including phenoxy) is 2. The van der Waals surface area contributed by atoms with E-state index in [0.29, 0.717) is 18.8 Å². The average molecular weight is 432 g/mol. The maximum absolute atomic E-state index is 13.4. The van der Waals surface area contributed by atoms with Crippen LogP contribution in [0.3, 0.4) is 0 Å². The molecule has 2 atom stereocenters. The van der Waals surface area contributed by atoms with Gasteiger partial charge in [0.2, 0.25) is 0 Å². The molecule has 166 valence electrons. The molecule has 2 aliphatic rings. The molecule has 6 heteroatoms. The van der Waals surface area contributed by atoms with Gasteiger partial charge in [0.15, 0.2) is 0 Å². The van der Waals surface area contributed by atoms with Crippen molar-refractivity contribution < 1.29 is 14.3 Å². The molecule has 2 aliphatic heterocycles. The van der Waals surface area contributed by atoms with E-state index in [9.17, 15) is 4.79 Å². The van der Waals surface area contributed by atoms with E-state index in [0.717, 1.165) is 54.0 Å². The van der Waals surface area contributed by atoms with Crippen molar-refractivity contribution in [1.82, 2.24) is 15.1 Å². The van der Waals surface area contributed by atoms with Gasteiger partial charge in [-0.15, -0.1) is 0 Å². The summed E-state index contributed by atoms with van der Waals surface area (Å²) >= 11 is 0. The summed E-state index contributed by atoms with van der Waals surface area (Å²) in [5.41, 5.74) is 5.60. The second-order valence-electron chi connectivity index (χ2n) is 8.64. The van der Waals surface area contributed by atoms with Crippen LogP contribution in [-0.2, 0) is 4.74 Å². The van der Waals surface area contributed by atoms with Gasteiger partial charge < -0.3 is 14.4 Å². The summed E-state index contributed by atoms with van der Waals surface area (Å²) in [5, 5.41) is 7.60. The van der Waals surface area contributed by atoms with Gasteiger partial charge in [0.25, 0.3) is 5.91 Å². The zero-order chi connectivity index (χ0) is 22.1. The predicted molar refractivity (Wildman–Crippen MR) is 123 cm³/mol. The first-order valence-corrected chi connectivity index (χ1v) is 11.5. The largest absolute Gasteiger partial charge is 0.494 e. The number of aromatic nitrogens is 2. The number of fused-ring (bicyclic) bond motifs is 1. The Balaban J connectivity index is 1.55. The SMILES string of the molecule is CCCOc1ccc(C2c3c(-c4ccc(C)cc4)n[nH]c3C(=O)N2CC2CCCO2)cc1. The van der Waals surface area contributed by atoms with Gasteiger partial charge in [0.05, 0.1) is 24.4 Å². The van der Waals surface area contributed by atoms with Crippen molar-refractivity contribution in [2.75, 3.05) is 19.8 Å². The Kier molecular flexibility index (Phi) is 5.70. The van der Waals surface area contributed by atoms with Crippen molar-refractivity contribution in [1.29, 1.82) is 0 Å². The smallest absolute Gasteiger partial charge is 0.273 e. The summed E-state index contributed by atoms with van der Waals surface area (Å²) in [4.78, 5) is 15.4. The third-order valence-corrected chi connectivity index (χ3v) is 6.28. The van der Waals surface area contributed by atoms with Gasteiger partial charge in [-0.25, -0.2) is 0 Å². The van der Waals surface area contributed by atoms with Crippen molar-refractivity contribution in [3.05, 3.63) is 70.9 Å². The minimum absolute atomic E-state index is 0.0160. The first-order chi connectivity index (χ1) is 15.7. The number of nitrogens with zero attached hydrogens (tertiary/aromatic N) is 2. The molecule has 0 aliphatic carbocycles. The molecule has 0 radical (unpaired) electrons. The Bertz CT molecular complexity index is 1080. The van der Waals surface area contributed by atoms with Crippen LogP contribution in [0.4, 0.5) is 0 Å². The fourth-order valence-corrected chi connectivity index (χ4v) is 4.64. The molecular weight excluding hydrogens is 402 g/mol. The van der Waals surface area contributed by atoms with E-state index < -0.39 is 0 Å². The number of hydrogen-bond donors (Lipinski definition) is 1. The number of aryl methyl sites for hydroxylation is 1. The van der Waals surface area contributed by atoms with Crippen LogP contribution < -0.4 is 4.74 Å². The molecule has 32 heavy (non-hydrogen) atoms. The normalized spacial score (nSPS) is 20.1. The highest BCUT2D eigenvalue weighted by molar-refractivity contribution is 6.00. The highest BCUT2D eigenvalue weighted by Gasteiger charge is 2.43. The molecule has 1 fully saturated rings. The second kappa shape index (κ2) is 8.79. The fourth-order valence-electron chi connectivity index (χ4n) is 4.64. The lowest BCUT2D eigenvalue weighted by molar-refractivity contribution is 0.0495. The van der Waals surface area contributed by atoms with E-state index in [2.05, 4.69) is 60.4 Å². The van der Waals surface area contributed by atoms with Gasteiger partial charge in [0, 0.05) is 24.3 Å². The van der Waals surface area contributed by atoms with Crippen molar-refractivity contribution in [3.63, 3.8) is 0 Å². The van der Waals surface area contributed by atoms with Gasteiger partial charge in [-0.05, 0) is 43.9 Å². The second-order valence-corrected chi connectivity index (χ2v) is 8.64. The van der Waals surface area contributed by atoms with Gasteiger partial charge in [-0.3, -0.25) is 9.89 Å². The lowest BCUT2D eigenvalue weighted by Gasteiger charge is -2.28. The molecule has 1 aromatic heterocycles. The number of amides is 1.